The lowest BCUT2D eigenvalue weighted by molar-refractivity contribution is -0.126. The lowest BCUT2D eigenvalue weighted by Crippen LogP contribution is -2.47. The van der Waals surface area contributed by atoms with Gasteiger partial charge in [-0.1, -0.05) is 49.7 Å². The summed E-state index contributed by atoms with van der Waals surface area (Å²) >= 11 is 0. The molecule has 0 saturated carbocycles. The van der Waals surface area contributed by atoms with Crippen LogP contribution < -0.4 is 10.4 Å². The minimum absolute atomic E-state index is 0.0803. The zero-order valence-electron chi connectivity index (χ0n) is 16.8. The minimum atomic E-state index is -3.21. The minimum Gasteiger partial charge on any atom is -0.273 e. The maximum atomic E-state index is 13.0. The van der Waals surface area contributed by atoms with Crippen LogP contribution in [-0.4, -0.2) is 37.5 Å². The van der Waals surface area contributed by atoms with Gasteiger partial charge in [-0.05, 0) is 43.5 Å². The second kappa shape index (κ2) is 9.89. The number of hydrogen-bond donors (Lipinski definition) is 1. The first-order valence-corrected chi connectivity index (χ1v) is 11.8. The van der Waals surface area contributed by atoms with Gasteiger partial charge in [0.25, 0.3) is 0 Å². The van der Waals surface area contributed by atoms with Crippen molar-refractivity contribution in [1.29, 1.82) is 0 Å². The van der Waals surface area contributed by atoms with E-state index < -0.39 is 10.0 Å². The summed E-state index contributed by atoms with van der Waals surface area (Å²) in [4.78, 5) is 13.0. The highest BCUT2D eigenvalue weighted by Gasteiger charge is 2.31. The molecule has 0 spiro atoms. The van der Waals surface area contributed by atoms with E-state index in [9.17, 15) is 13.2 Å². The third-order valence-corrected chi connectivity index (χ3v) is 7.18. The number of rotatable bonds is 8. The summed E-state index contributed by atoms with van der Waals surface area (Å²) in [6, 6.07) is 19.3. The molecule has 0 bridgehead atoms. The number of amides is 1. The van der Waals surface area contributed by atoms with E-state index >= 15 is 0 Å². The van der Waals surface area contributed by atoms with E-state index in [2.05, 4.69) is 5.43 Å². The highest BCUT2D eigenvalue weighted by atomic mass is 32.2. The summed E-state index contributed by atoms with van der Waals surface area (Å²) < 4.78 is 26.3. The molecule has 2 aromatic carbocycles. The Balaban J connectivity index is 1.66. The summed E-state index contributed by atoms with van der Waals surface area (Å²) in [5.74, 6) is -0.0956. The molecule has 0 aliphatic carbocycles. The SMILES string of the molecule is CCCCS(=O)(=O)N1CCC(C(=O)NN(c2ccccc2)c2ccccc2)CC1. The van der Waals surface area contributed by atoms with Crippen molar-refractivity contribution in [2.45, 2.75) is 32.6 Å². The van der Waals surface area contributed by atoms with Crippen molar-refractivity contribution in [3.05, 3.63) is 60.7 Å². The van der Waals surface area contributed by atoms with Gasteiger partial charge in [0, 0.05) is 19.0 Å². The van der Waals surface area contributed by atoms with E-state index in [0.717, 1.165) is 17.8 Å². The van der Waals surface area contributed by atoms with Crippen LogP contribution in [-0.2, 0) is 14.8 Å². The zero-order valence-corrected chi connectivity index (χ0v) is 17.6. The Morgan fingerprint density at radius 3 is 2.00 bits per heavy atom. The number of nitrogens with zero attached hydrogens (tertiary/aromatic N) is 2. The molecule has 1 fully saturated rings. The quantitative estimate of drug-likeness (QED) is 0.668. The van der Waals surface area contributed by atoms with E-state index in [1.54, 1.807) is 9.31 Å². The summed E-state index contributed by atoms with van der Waals surface area (Å²) in [7, 11) is -3.21. The maximum absolute atomic E-state index is 13.0. The van der Waals surface area contributed by atoms with Gasteiger partial charge in [-0.3, -0.25) is 15.2 Å². The van der Waals surface area contributed by atoms with E-state index in [1.807, 2.05) is 67.6 Å². The van der Waals surface area contributed by atoms with E-state index in [4.69, 9.17) is 0 Å². The first-order valence-electron chi connectivity index (χ1n) is 10.2. The van der Waals surface area contributed by atoms with Crippen molar-refractivity contribution >= 4 is 27.3 Å². The molecule has 0 atom stereocenters. The van der Waals surface area contributed by atoms with E-state index in [0.29, 0.717) is 32.4 Å². The smallest absolute Gasteiger partial charge is 0.242 e. The van der Waals surface area contributed by atoms with Crippen molar-refractivity contribution in [2.75, 3.05) is 23.9 Å². The second-order valence-electron chi connectivity index (χ2n) is 7.33. The Bertz CT molecular complexity index is 841. The predicted octanol–water partition coefficient (Wildman–Crippen LogP) is 3.70. The number of nitrogens with one attached hydrogen (secondary N) is 1. The standard InChI is InChI=1S/C22H29N3O3S/c1-2-3-18-29(27,28)24-16-14-19(15-17-24)22(26)23-25(20-10-6-4-7-11-20)21-12-8-5-9-13-21/h4-13,19H,2-3,14-18H2,1H3,(H,23,26). The van der Waals surface area contributed by atoms with Crippen molar-refractivity contribution in [3.63, 3.8) is 0 Å². The fourth-order valence-corrected chi connectivity index (χ4v) is 5.16. The number of unbranched alkanes of at least 4 members (excludes halogenated alkanes) is 1. The third kappa shape index (κ3) is 5.58. The van der Waals surface area contributed by atoms with Gasteiger partial charge in [0.1, 0.15) is 0 Å². The topological polar surface area (TPSA) is 69.7 Å². The summed E-state index contributed by atoms with van der Waals surface area (Å²) in [5, 5.41) is 1.78. The number of sulfonamides is 1. The van der Waals surface area contributed by atoms with Gasteiger partial charge in [-0.15, -0.1) is 0 Å². The molecule has 1 aliphatic heterocycles. The van der Waals surface area contributed by atoms with Gasteiger partial charge >= 0.3 is 0 Å². The largest absolute Gasteiger partial charge is 0.273 e. The Hall–Kier alpha value is -2.38. The van der Waals surface area contributed by atoms with Gasteiger partial charge in [0.15, 0.2) is 0 Å². The highest BCUT2D eigenvalue weighted by Crippen LogP contribution is 2.25. The van der Waals surface area contributed by atoms with Gasteiger partial charge in [-0.25, -0.2) is 12.7 Å². The van der Waals surface area contributed by atoms with Gasteiger partial charge in [0.05, 0.1) is 17.1 Å². The molecule has 1 saturated heterocycles. The average molecular weight is 416 g/mol. The number of para-hydroxylation sites is 2. The number of hydrogen-bond acceptors (Lipinski definition) is 4. The number of carbonyl (C=O) groups is 1. The van der Waals surface area contributed by atoms with Crippen LogP contribution in [0.15, 0.2) is 60.7 Å². The highest BCUT2D eigenvalue weighted by molar-refractivity contribution is 7.89. The molecule has 0 radical (unpaired) electrons. The first-order chi connectivity index (χ1) is 14.0. The Kier molecular flexibility index (Phi) is 7.28. The molecule has 1 heterocycles. The van der Waals surface area contributed by atoms with Crippen LogP contribution in [0.3, 0.4) is 0 Å². The van der Waals surface area contributed by atoms with Gasteiger partial charge in [-0.2, -0.15) is 0 Å². The molecule has 156 valence electrons. The monoisotopic (exact) mass is 415 g/mol. The molecule has 1 amide bonds. The fraction of sp³-hybridized carbons (Fsp3) is 0.409. The molecule has 0 unspecified atom stereocenters. The fourth-order valence-electron chi connectivity index (χ4n) is 3.49. The predicted molar refractivity (Wildman–Crippen MR) is 116 cm³/mol. The Morgan fingerprint density at radius 2 is 1.52 bits per heavy atom. The van der Waals surface area contributed by atoms with Crippen LogP contribution in [0, 0.1) is 5.92 Å². The Labute approximate surface area is 173 Å². The molecule has 2 aromatic rings. The molecule has 7 heteroatoms. The number of piperidine rings is 1. The van der Waals surface area contributed by atoms with Crippen LogP contribution in [0.5, 0.6) is 0 Å². The van der Waals surface area contributed by atoms with Crippen LogP contribution in [0.2, 0.25) is 0 Å². The summed E-state index contributed by atoms with van der Waals surface area (Å²) in [6.45, 7) is 2.79. The lowest BCUT2D eigenvalue weighted by Gasteiger charge is -2.32. The van der Waals surface area contributed by atoms with Crippen molar-refractivity contribution in [1.82, 2.24) is 9.73 Å². The summed E-state index contributed by atoms with van der Waals surface area (Å²) in [6.07, 6.45) is 2.60. The molecule has 3 rings (SSSR count). The molecule has 0 aromatic heterocycles. The van der Waals surface area contributed by atoms with Crippen LogP contribution >= 0.6 is 0 Å². The van der Waals surface area contributed by atoms with Crippen LogP contribution in [0.4, 0.5) is 11.4 Å². The third-order valence-electron chi connectivity index (χ3n) is 5.22. The van der Waals surface area contributed by atoms with Gasteiger partial charge in [0.2, 0.25) is 15.9 Å². The van der Waals surface area contributed by atoms with E-state index in [-0.39, 0.29) is 17.6 Å². The average Bonchev–Trinajstić information content (AvgIpc) is 2.77. The second-order valence-corrected chi connectivity index (χ2v) is 9.41. The molecular weight excluding hydrogens is 386 g/mol. The number of carbonyl (C=O) groups excluding carboxylic acids is 1. The number of hydrazine groups is 1. The lowest BCUT2D eigenvalue weighted by atomic mass is 9.97. The van der Waals surface area contributed by atoms with Gasteiger partial charge < -0.3 is 0 Å². The summed E-state index contributed by atoms with van der Waals surface area (Å²) in [5.41, 5.74) is 4.77. The molecule has 29 heavy (non-hydrogen) atoms. The van der Waals surface area contributed by atoms with Crippen molar-refractivity contribution in [2.24, 2.45) is 5.92 Å². The number of anilines is 2. The van der Waals surface area contributed by atoms with Crippen molar-refractivity contribution in [3.8, 4) is 0 Å². The number of benzene rings is 2. The first kappa shape index (κ1) is 21.3. The zero-order chi connectivity index (χ0) is 20.7. The van der Waals surface area contributed by atoms with Crippen LogP contribution in [0.1, 0.15) is 32.6 Å². The van der Waals surface area contributed by atoms with Crippen molar-refractivity contribution < 1.29 is 13.2 Å². The molecule has 1 aliphatic rings. The van der Waals surface area contributed by atoms with E-state index in [1.165, 1.54) is 0 Å². The molecule has 6 nitrogen and oxygen atoms in total. The molecular formula is C22H29N3O3S. The maximum Gasteiger partial charge on any atom is 0.242 e. The normalized spacial score (nSPS) is 15.8. The molecule has 1 N–H and O–H groups in total. The Morgan fingerprint density at radius 1 is 1.00 bits per heavy atom. The van der Waals surface area contributed by atoms with Crippen LogP contribution in [0.25, 0.3) is 0 Å².